The fourth-order valence-electron chi connectivity index (χ4n) is 5.72. The third-order valence-corrected chi connectivity index (χ3v) is 9.02. The molecule has 0 spiro atoms. The predicted molar refractivity (Wildman–Crippen MR) is 143 cm³/mol. The zero-order valence-electron chi connectivity index (χ0n) is 21.0. The number of halogens is 2. The highest BCUT2D eigenvalue weighted by molar-refractivity contribution is 7.88. The topological polar surface area (TPSA) is 88.4 Å². The fourth-order valence-corrected chi connectivity index (χ4v) is 6.90. The normalized spacial score (nSPS) is 24.0. The molecule has 3 fully saturated rings. The Morgan fingerprint density at radius 1 is 1.19 bits per heavy atom. The lowest BCUT2D eigenvalue weighted by atomic mass is 9.66. The van der Waals surface area contributed by atoms with E-state index in [1.807, 2.05) is 36.4 Å². The maximum absolute atomic E-state index is 11.7. The van der Waals surface area contributed by atoms with E-state index >= 15 is 0 Å². The number of fused-ring (bicyclic) bond motifs is 1. The number of nitrogens with zero attached hydrogens (tertiary/aromatic N) is 1. The molecule has 6 nitrogen and oxygen atoms in total. The van der Waals surface area contributed by atoms with Crippen LogP contribution < -0.4 is 14.2 Å². The summed E-state index contributed by atoms with van der Waals surface area (Å²) in [5.41, 5.74) is 1.93. The molecule has 0 aliphatic heterocycles. The lowest BCUT2D eigenvalue weighted by Gasteiger charge is -2.43. The smallest absolute Gasteiger partial charge is 0.208 e. The Bertz CT molecular complexity index is 1270. The average molecular weight is 552 g/mol. The third kappa shape index (κ3) is 5.33. The number of nitriles is 1. The van der Waals surface area contributed by atoms with Crippen molar-refractivity contribution >= 4 is 33.2 Å². The van der Waals surface area contributed by atoms with Gasteiger partial charge in [0.15, 0.2) is 5.75 Å². The van der Waals surface area contributed by atoms with Gasteiger partial charge in [-0.1, -0.05) is 37.6 Å². The number of rotatable bonds is 10. The number of hydrogen-bond acceptors (Lipinski definition) is 5. The second-order valence-electron chi connectivity index (χ2n) is 10.6. The highest BCUT2D eigenvalue weighted by Crippen LogP contribution is 2.61. The lowest BCUT2D eigenvalue weighted by molar-refractivity contribution is 0.00362. The van der Waals surface area contributed by atoms with Gasteiger partial charge in [0.05, 0.1) is 22.7 Å². The minimum atomic E-state index is -3.21. The summed E-state index contributed by atoms with van der Waals surface area (Å²) in [6.07, 6.45) is 3.98. The molecule has 2 aromatic rings. The van der Waals surface area contributed by atoms with E-state index in [0.29, 0.717) is 28.1 Å². The summed E-state index contributed by atoms with van der Waals surface area (Å²) in [5.74, 6) is 1.84. The highest BCUT2D eigenvalue weighted by atomic mass is 35.5. The average Bonchev–Trinajstić information content (AvgIpc) is 3.31. The molecule has 0 amide bonds. The molecule has 1 N–H and O–H groups in total. The van der Waals surface area contributed by atoms with Gasteiger partial charge in [-0.25, -0.2) is 13.1 Å². The Balaban J connectivity index is 1.47. The molecular weight excluding hydrogens is 519 g/mol. The molecule has 3 aliphatic rings. The van der Waals surface area contributed by atoms with Crippen molar-refractivity contribution < 1.29 is 17.9 Å². The molecule has 3 saturated carbocycles. The van der Waals surface area contributed by atoms with Crippen molar-refractivity contribution in [2.45, 2.75) is 57.6 Å². The molecule has 2 bridgehead atoms. The van der Waals surface area contributed by atoms with Crippen LogP contribution in [0, 0.1) is 22.7 Å². The van der Waals surface area contributed by atoms with Gasteiger partial charge in [0.25, 0.3) is 0 Å². The van der Waals surface area contributed by atoms with Crippen LogP contribution in [0.4, 0.5) is 0 Å². The summed E-state index contributed by atoms with van der Waals surface area (Å²) >= 11 is 12.2. The molecule has 0 heterocycles. The Kier molecular flexibility index (Phi) is 7.56. The molecule has 2 atom stereocenters. The number of ether oxygens (including phenoxy) is 2. The fraction of sp³-hybridized carbons (Fsp3) is 0.519. The first-order valence-corrected chi connectivity index (χ1v) is 14.9. The van der Waals surface area contributed by atoms with Crippen LogP contribution in [-0.2, 0) is 15.4 Å². The van der Waals surface area contributed by atoms with Gasteiger partial charge in [0.1, 0.15) is 24.5 Å². The maximum Gasteiger partial charge on any atom is 0.208 e. The minimum absolute atomic E-state index is 0.00562. The van der Waals surface area contributed by atoms with Gasteiger partial charge in [0.2, 0.25) is 10.0 Å². The van der Waals surface area contributed by atoms with Gasteiger partial charge in [0, 0.05) is 16.9 Å². The second kappa shape index (κ2) is 10.1. The first-order chi connectivity index (χ1) is 16.9. The van der Waals surface area contributed by atoms with Crippen LogP contribution in [0.5, 0.6) is 11.5 Å². The van der Waals surface area contributed by atoms with Gasteiger partial charge in [-0.05, 0) is 67.5 Å². The van der Waals surface area contributed by atoms with Crippen LogP contribution in [-0.4, -0.2) is 39.3 Å². The van der Waals surface area contributed by atoms with Gasteiger partial charge in [-0.3, -0.25) is 0 Å². The second-order valence-corrected chi connectivity index (χ2v) is 13.2. The van der Waals surface area contributed by atoms with Crippen LogP contribution in [0.2, 0.25) is 5.02 Å². The van der Waals surface area contributed by atoms with Crippen LogP contribution >= 0.6 is 23.2 Å². The van der Waals surface area contributed by atoms with Crippen LogP contribution in [0.3, 0.4) is 0 Å². The molecule has 194 valence electrons. The predicted octanol–water partition coefficient (Wildman–Crippen LogP) is 5.64. The van der Waals surface area contributed by atoms with Crippen molar-refractivity contribution in [1.82, 2.24) is 4.72 Å². The summed E-state index contributed by atoms with van der Waals surface area (Å²) < 4.78 is 38.0. The molecule has 36 heavy (non-hydrogen) atoms. The minimum Gasteiger partial charge on any atom is -0.490 e. The summed E-state index contributed by atoms with van der Waals surface area (Å²) in [7, 11) is -3.21. The molecular formula is C27H32Cl2N2O4S. The van der Waals surface area contributed by atoms with E-state index in [4.69, 9.17) is 32.7 Å². The highest BCUT2D eigenvalue weighted by Gasteiger charge is 2.59. The van der Waals surface area contributed by atoms with E-state index < -0.39 is 15.4 Å². The molecule has 0 radical (unpaired) electrons. The Morgan fingerprint density at radius 2 is 1.86 bits per heavy atom. The summed E-state index contributed by atoms with van der Waals surface area (Å²) in [4.78, 5) is 0. The zero-order chi connectivity index (χ0) is 26.3. The number of alkyl halides is 1. The van der Waals surface area contributed by atoms with E-state index in [9.17, 15) is 13.7 Å². The van der Waals surface area contributed by atoms with Crippen molar-refractivity contribution in [3.05, 3.63) is 58.1 Å². The van der Waals surface area contributed by atoms with Gasteiger partial charge >= 0.3 is 0 Å². The number of hydrogen-bond donors (Lipinski definition) is 1. The summed E-state index contributed by atoms with van der Waals surface area (Å²) in [6, 6.07) is 13.8. The van der Waals surface area contributed by atoms with Gasteiger partial charge in [-0.2, -0.15) is 5.26 Å². The van der Waals surface area contributed by atoms with Crippen molar-refractivity contribution in [2.24, 2.45) is 11.3 Å². The number of benzene rings is 2. The monoisotopic (exact) mass is 550 g/mol. The number of nitrogens with one attached hydrogen (secondary N) is 1. The van der Waals surface area contributed by atoms with E-state index in [2.05, 4.69) is 31.6 Å². The Morgan fingerprint density at radius 3 is 2.44 bits per heavy atom. The Hall–Kier alpha value is -1.98. The Labute approximate surface area is 223 Å². The molecule has 1 unspecified atom stereocenters. The molecule has 2 aromatic carbocycles. The van der Waals surface area contributed by atoms with E-state index in [0.717, 1.165) is 36.1 Å². The summed E-state index contributed by atoms with van der Waals surface area (Å²) in [6.45, 7) is 6.52. The first kappa shape index (κ1) is 27.1. The van der Waals surface area contributed by atoms with Gasteiger partial charge < -0.3 is 9.47 Å². The maximum atomic E-state index is 11.7. The van der Waals surface area contributed by atoms with Crippen molar-refractivity contribution in [1.29, 1.82) is 5.26 Å². The van der Waals surface area contributed by atoms with Crippen LogP contribution in [0.1, 0.15) is 56.7 Å². The quantitative estimate of drug-likeness (QED) is 0.386. The molecule has 0 aromatic heterocycles. The van der Waals surface area contributed by atoms with E-state index in [1.54, 1.807) is 0 Å². The summed E-state index contributed by atoms with van der Waals surface area (Å²) in [5, 5.41) is 10.0. The van der Waals surface area contributed by atoms with Crippen molar-refractivity contribution in [3.8, 4) is 17.6 Å². The van der Waals surface area contributed by atoms with Crippen LogP contribution in [0.15, 0.2) is 36.4 Å². The first-order valence-electron chi connectivity index (χ1n) is 12.1. The SMILES string of the molecule is C[C@@H](Oc1ccc(C(C)(C)c2cc(Cl)c(OCCCl)c(C#N)c2)cc1)C12CC(C1)C(NS(C)(=O)=O)C2. The third-order valence-electron chi connectivity index (χ3n) is 7.86. The molecule has 3 aliphatic carbocycles. The molecule has 5 rings (SSSR count). The lowest BCUT2D eigenvalue weighted by Crippen LogP contribution is -2.42. The number of sulfonamides is 1. The standard InChI is InChI=1S/C27H32Cl2N2O4S/c1-17(27-13-19(14-27)24(15-27)31-36(4,32)33)35-22-7-5-20(6-8-22)26(2,3)21-11-18(16-30)25(23(29)12-21)34-10-9-28/h5-8,11-12,17,19,24,31H,9-10,13-15H2,1-4H3/t17-,19?,24?,27?/m1/s1. The van der Waals surface area contributed by atoms with Crippen molar-refractivity contribution in [3.63, 3.8) is 0 Å². The van der Waals surface area contributed by atoms with E-state index in [1.165, 1.54) is 6.26 Å². The van der Waals surface area contributed by atoms with Crippen molar-refractivity contribution in [2.75, 3.05) is 18.7 Å². The van der Waals surface area contributed by atoms with Gasteiger partial charge in [-0.15, -0.1) is 11.6 Å². The zero-order valence-corrected chi connectivity index (χ0v) is 23.3. The molecule has 9 heteroatoms. The van der Waals surface area contributed by atoms with Crippen LogP contribution in [0.25, 0.3) is 0 Å². The largest absolute Gasteiger partial charge is 0.490 e. The molecule has 0 saturated heterocycles. The van der Waals surface area contributed by atoms with E-state index in [-0.39, 0.29) is 24.2 Å².